The molecule has 0 spiro atoms. The van der Waals surface area contributed by atoms with E-state index in [0.717, 1.165) is 24.0 Å². The van der Waals surface area contributed by atoms with E-state index < -0.39 is 10.0 Å². The molecule has 7 nitrogen and oxygen atoms in total. The Bertz CT molecular complexity index is 1190. The Balaban J connectivity index is 1.35. The van der Waals surface area contributed by atoms with Crippen molar-refractivity contribution < 1.29 is 18.0 Å². The number of sulfonamides is 1. The molecule has 0 unspecified atom stereocenters. The molecule has 0 atom stereocenters. The highest BCUT2D eigenvalue weighted by atomic mass is 35.5. The second-order valence-corrected chi connectivity index (χ2v) is 11.2. The smallest absolute Gasteiger partial charge is 0.253 e. The van der Waals surface area contributed by atoms with Crippen LogP contribution in [0.2, 0.25) is 5.02 Å². The van der Waals surface area contributed by atoms with Crippen molar-refractivity contribution in [1.29, 1.82) is 0 Å². The number of carbonyl (C=O) groups excluding carboxylic acids is 2. The molecular weight excluding hydrogens is 462 g/mol. The molecule has 9 heteroatoms. The average molecular weight is 490 g/mol. The first-order valence-corrected chi connectivity index (χ1v) is 13.0. The van der Waals surface area contributed by atoms with Gasteiger partial charge in [0.25, 0.3) is 5.91 Å². The first kappa shape index (κ1) is 23.7. The zero-order valence-electron chi connectivity index (χ0n) is 18.7. The number of piperidine rings is 1. The number of hydrogen-bond donors (Lipinski definition) is 2. The topological polar surface area (TPSA) is 95.6 Å². The Morgan fingerprint density at radius 2 is 1.70 bits per heavy atom. The van der Waals surface area contributed by atoms with E-state index >= 15 is 0 Å². The Labute approximate surface area is 199 Å². The van der Waals surface area contributed by atoms with Gasteiger partial charge in [-0.3, -0.25) is 9.59 Å². The second-order valence-electron chi connectivity index (χ2n) is 8.88. The van der Waals surface area contributed by atoms with Crippen molar-refractivity contribution in [2.45, 2.75) is 50.5 Å². The van der Waals surface area contributed by atoms with Gasteiger partial charge in [0.1, 0.15) is 0 Å². The van der Waals surface area contributed by atoms with E-state index in [9.17, 15) is 18.0 Å². The van der Waals surface area contributed by atoms with Gasteiger partial charge in [0.15, 0.2) is 0 Å². The highest BCUT2D eigenvalue weighted by molar-refractivity contribution is 7.89. The highest BCUT2D eigenvalue weighted by Gasteiger charge is 2.33. The van der Waals surface area contributed by atoms with Crippen LogP contribution in [0.25, 0.3) is 0 Å². The minimum atomic E-state index is -3.59. The molecule has 1 saturated carbocycles. The van der Waals surface area contributed by atoms with Gasteiger partial charge in [0.05, 0.1) is 15.5 Å². The SMILES string of the molecule is Cc1ccc(S(=O)(=O)N2CCC(C(=O)Nc3ccc(C(=O)NC4CC4)c(Cl)c3)CC2)c(C)c1. The number of rotatable bonds is 6. The summed E-state index contributed by atoms with van der Waals surface area (Å²) in [5, 5.41) is 6.02. The zero-order chi connectivity index (χ0) is 23.8. The van der Waals surface area contributed by atoms with Crippen LogP contribution < -0.4 is 10.6 Å². The largest absolute Gasteiger partial charge is 0.349 e. The third-order valence-corrected chi connectivity index (χ3v) is 8.54. The van der Waals surface area contributed by atoms with Crippen molar-refractivity contribution in [3.63, 3.8) is 0 Å². The summed E-state index contributed by atoms with van der Waals surface area (Å²) < 4.78 is 27.6. The van der Waals surface area contributed by atoms with E-state index in [2.05, 4.69) is 10.6 Å². The van der Waals surface area contributed by atoms with Gasteiger partial charge < -0.3 is 10.6 Å². The van der Waals surface area contributed by atoms with E-state index in [1.807, 2.05) is 13.0 Å². The number of halogens is 1. The summed E-state index contributed by atoms with van der Waals surface area (Å²) in [6.07, 6.45) is 2.85. The summed E-state index contributed by atoms with van der Waals surface area (Å²) in [4.78, 5) is 25.3. The lowest BCUT2D eigenvalue weighted by molar-refractivity contribution is -0.120. The van der Waals surface area contributed by atoms with Crippen LogP contribution in [0.4, 0.5) is 5.69 Å². The number of hydrogen-bond acceptors (Lipinski definition) is 4. The fraction of sp³-hybridized carbons (Fsp3) is 0.417. The highest BCUT2D eigenvalue weighted by Crippen LogP contribution is 2.28. The van der Waals surface area contributed by atoms with E-state index in [1.165, 1.54) is 4.31 Å². The lowest BCUT2D eigenvalue weighted by Gasteiger charge is -2.31. The predicted molar refractivity (Wildman–Crippen MR) is 128 cm³/mol. The van der Waals surface area contributed by atoms with Crippen LogP contribution >= 0.6 is 11.6 Å². The molecular formula is C24H28ClN3O4S. The van der Waals surface area contributed by atoms with Crippen molar-refractivity contribution in [2.75, 3.05) is 18.4 Å². The van der Waals surface area contributed by atoms with Crippen molar-refractivity contribution in [1.82, 2.24) is 9.62 Å². The molecule has 1 heterocycles. The molecule has 2 aliphatic rings. The van der Waals surface area contributed by atoms with Crippen LogP contribution in [-0.2, 0) is 14.8 Å². The van der Waals surface area contributed by atoms with E-state index in [0.29, 0.717) is 29.0 Å². The van der Waals surface area contributed by atoms with Crippen LogP contribution in [0, 0.1) is 19.8 Å². The minimum Gasteiger partial charge on any atom is -0.349 e. The first-order valence-electron chi connectivity index (χ1n) is 11.1. The Morgan fingerprint density at radius 1 is 1.00 bits per heavy atom. The maximum Gasteiger partial charge on any atom is 0.253 e. The summed E-state index contributed by atoms with van der Waals surface area (Å²) in [5.41, 5.74) is 2.63. The summed E-state index contributed by atoms with van der Waals surface area (Å²) >= 11 is 6.26. The minimum absolute atomic E-state index is 0.176. The number of amides is 2. The molecule has 2 N–H and O–H groups in total. The molecule has 1 aliphatic carbocycles. The van der Waals surface area contributed by atoms with Crippen LogP contribution in [0.15, 0.2) is 41.3 Å². The Kier molecular flexibility index (Phi) is 6.79. The molecule has 0 radical (unpaired) electrons. The number of benzene rings is 2. The van der Waals surface area contributed by atoms with Crippen LogP contribution in [-0.4, -0.2) is 43.7 Å². The Hall–Kier alpha value is -2.42. The predicted octanol–water partition coefficient (Wildman–Crippen LogP) is 3.89. The molecule has 2 aromatic rings. The molecule has 4 rings (SSSR count). The number of aryl methyl sites for hydroxylation is 2. The molecule has 0 aromatic heterocycles. The number of anilines is 1. The van der Waals surface area contributed by atoms with Gasteiger partial charge >= 0.3 is 0 Å². The number of nitrogens with one attached hydrogen (secondary N) is 2. The lowest BCUT2D eigenvalue weighted by atomic mass is 9.97. The maximum atomic E-state index is 13.1. The van der Waals surface area contributed by atoms with E-state index in [1.54, 1.807) is 37.3 Å². The van der Waals surface area contributed by atoms with Gasteiger partial charge in [-0.05, 0) is 69.4 Å². The molecule has 1 aliphatic heterocycles. The summed E-state index contributed by atoms with van der Waals surface area (Å²) in [6.45, 7) is 4.30. The second kappa shape index (κ2) is 9.44. The van der Waals surface area contributed by atoms with Crippen molar-refractivity contribution in [3.05, 3.63) is 58.1 Å². The van der Waals surface area contributed by atoms with E-state index in [-0.39, 0.29) is 41.9 Å². The van der Waals surface area contributed by atoms with Gasteiger partial charge in [-0.25, -0.2) is 8.42 Å². The van der Waals surface area contributed by atoms with Gasteiger partial charge in [-0.1, -0.05) is 29.3 Å². The number of carbonyl (C=O) groups is 2. The Morgan fingerprint density at radius 3 is 2.30 bits per heavy atom. The average Bonchev–Trinajstić information content (AvgIpc) is 3.57. The molecule has 0 bridgehead atoms. The third kappa shape index (κ3) is 5.39. The summed E-state index contributed by atoms with van der Waals surface area (Å²) in [7, 11) is -3.59. The van der Waals surface area contributed by atoms with Crippen molar-refractivity contribution >= 4 is 39.1 Å². The quantitative estimate of drug-likeness (QED) is 0.643. The first-order chi connectivity index (χ1) is 15.6. The standard InChI is InChI=1S/C24H28ClN3O4S/c1-15-3-8-22(16(2)13-15)33(31,32)28-11-9-17(10-12-28)23(29)27-19-6-7-20(21(25)14-19)24(30)26-18-4-5-18/h3,6-8,13-14,17-18H,4-5,9-12H2,1-2H3,(H,26,30)(H,27,29). The maximum absolute atomic E-state index is 13.1. The van der Waals surface area contributed by atoms with Crippen LogP contribution in [0.1, 0.15) is 47.2 Å². The van der Waals surface area contributed by atoms with Crippen LogP contribution in [0.5, 0.6) is 0 Å². The molecule has 33 heavy (non-hydrogen) atoms. The third-order valence-electron chi connectivity index (χ3n) is 6.17. The summed E-state index contributed by atoms with van der Waals surface area (Å²) in [6, 6.07) is 10.4. The van der Waals surface area contributed by atoms with Gasteiger partial charge in [-0.2, -0.15) is 4.31 Å². The summed E-state index contributed by atoms with van der Waals surface area (Å²) in [5.74, 6) is -0.685. The van der Waals surface area contributed by atoms with Gasteiger partial charge in [0, 0.05) is 30.7 Å². The zero-order valence-corrected chi connectivity index (χ0v) is 20.3. The normalized spacial score (nSPS) is 17.5. The van der Waals surface area contributed by atoms with Gasteiger partial charge in [-0.15, -0.1) is 0 Å². The molecule has 176 valence electrons. The number of nitrogens with zero attached hydrogens (tertiary/aromatic N) is 1. The fourth-order valence-electron chi connectivity index (χ4n) is 4.10. The molecule has 2 amide bonds. The van der Waals surface area contributed by atoms with Crippen molar-refractivity contribution in [3.8, 4) is 0 Å². The molecule has 2 aromatic carbocycles. The molecule has 2 fully saturated rings. The van der Waals surface area contributed by atoms with E-state index in [4.69, 9.17) is 11.6 Å². The monoisotopic (exact) mass is 489 g/mol. The van der Waals surface area contributed by atoms with Crippen molar-refractivity contribution in [2.24, 2.45) is 5.92 Å². The molecule has 1 saturated heterocycles. The lowest BCUT2D eigenvalue weighted by Crippen LogP contribution is -2.41. The fourth-order valence-corrected chi connectivity index (χ4v) is 6.04. The van der Waals surface area contributed by atoms with Crippen LogP contribution in [0.3, 0.4) is 0 Å². The van der Waals surface area contributed by atoms with Gasteiger partial charge in [0.2, 0.25) is 15.9 Å².